The first-order chi connectivity index (χ1) is 14.6. The zero-order chi connectivity index (χ0) is 21.3. The Labute approximate surface area is 181 Å². The summed E-state index contributed by atoms with van der Waals surface area (Å²) < 4.78 is 5.89. The van der Waals surface area contributed by atoms with Crippen molar-refractivity contribution < 1.29 is 4.74 Å². The molecule has 0 amide bonds. The summed E-state index contributed by atoms with van der Waals surface area (Å²) in [5, 5.41) is 0. The maximum atomic E-state index is 5.89. The van der Waals surface area contributed by atoms with Gasteiger partial charge in [-0.3, -0.25) is 0 Å². The molecule has 0 aliphatic rings. The van der Waals surface area contributed by atoms with Crippen molar-refractivity contribution in [2.75, 3.05) is 27.2 Å². The van der Waals surface area contributed by atoms with Crippen LogP contribution in [0.2, 0.25) is 0 Å². The third kappa shape index (κ3) is 5.61. The lowest BCUT2D eigenvalue weighted by Gasteiger charge is -2.17. The number of allylic oxidation sites excluding steroid dienone is 1. The fourth-order valence-electron chi connectivity index (χ4n) is 3.60. The van der Waals surface area contributed by atoms with Crippen molar-refractivity contribution in [2.45, 2.75) is 26.7 Å². The van der Waals surface area contributed by atoms with E-state index in [0.29, 0.717) is 6.61 Å². The first-order valence-electron chi connectivity index (χ1n) is 10.8. The molecule has 3 rings (SSSR count). The SMILES string of the molecule is CCC(=C(c1cc[c]cc1)c1ccc(OCCN(C)C)cc1)c1ccc(CC)cc1. The Bertz CT molecular complexity index is 938. The van der Waals surface area contributed by atoms with Crippen LogP contribution < -0.4 is 4.74 Å². The minimum Gasteiger partial charge on any atom is -0.492 e. The molecule has 2 nitrogen and oxygen atoms in total. The molecule has 0 saturated carbocycles. The van der Waals surface area contributed by atoms with Gasteiger partial charge < -0.3 is 9.64 Å². The zero-order valence-electron chi connectivity index (χ0n) is 18.6. The number of hydrogen-bond acceptors (Lipinski definition) is 2. The molecule has 2 heteroatoms. The van der Waals surface area contributed by atoms with Gasteiger partial charge in [-0.1, -0.05) is 74.5 Å². The average molecular weight is 399 g/mol. The minimum atomic E-state index is 0.688. The van der Waals surface area contributed by atoms with Crippen molar-refractivity contribution in [2.24, 2.45) is 0 Å². The van der Waals surface area contributed by atoms with Crippen molar-refractivity contribution in [3.63, 3.8) is 0 Å². The van der Waals surface area contributed by atoms with Gasteiger partial charge in [-0.2, -0.15) is 0 Å². The molecule has 0 aliphatic carbocycles. The van der Waals surface area contributed by atoms with Crippen molar-refractivity contribution in [3.05, 3.63) is 101 Å². The smallest absolute Gasteiger partial charge is 0.119 e. The van der Waals surface area contributed by atoms with Crippen LogP contribution in [-0.2, 0) is 6.42 Å². The lowest BCUT2D eigenvalue weighted by molar-refractivity contribution is 0.261. The second kappa shape index (κ2) is 10.8. The second-order valence-corrected chi connectivity index (χ2v) is 7.72. The van der Waals surface area contributed by atoms with Crippen LogP contribution >= 0.6 is 0 Å². The van der Waals surface area contributed by atoms with Gasteiger partial charge in [-0.05, 0) is 78.5 Å². The van der Waals surface area contributed by atoms with Gasteiger partial charge >= 0.3 is 0 Å². The zero-order valence-corrected chi connectivity index (χ0v) is 18.6. The van der Waals surface area contributed by atoms with E-state index in [0.717, 1.165) is 25.1 Å². The first kappa shape index (κ1) is 21.9. The third-order valence-electron chi connectivity index (χ3n) is 5.32. The highest BCUT2D eigenvalue weighted by Crippen LogP contribution is 2.35. The fraction of sp³-hybridized carbons (Fsp3) is 0.286. The van der Waals surface area contributed by atoms with E-state index in [1.807, 2.05) is 12.1 Å². The van der Waals surface area contributed by atoms with Crippen LogP contribution in [0.5, 0.6) is 5.75 Å². The molecule has 0 bridgehead atoms. The highest BCUT2D eigenvalue weighted by Gasteiger charge is 2.13. The van der Waals surface area contributed by atoms with E-state index in [9.17, 15) is 0 Å². The predicted octanol–water partition coefficient (Wildman–Crippen LogP) is 6.36. The van der Waals surface area contributed by atoms with Crippen molar-refractivity contribution in [3.8, 4) is 5.75 Å². The number of nitrogens with zero attached hydrogens (tertiary/aromatic N) is 1. The molecule has 30 heavy (non-hydrogen) atoms. The van der Waals surface area contributed by atoms with Gasteiger partial charge in [0, 0.05) is 6.54 Å². The molecule has 0 unspecified atom stereocenters. The molecule has 0 aromatic heterocycles. The first-order valence-corrected chi connectivity index (χ1v) is 10.8. The van der Waals surface area contributed by atoms with Gasteiger partial charge in [-0.25, -0.2) is 0 Å². The highest BCUT2D eigenvalue weighted by molar-refractivity contribution is 5.98. The van der Waals surface area contributed by atoms with Crippen LogP contribution in [0.15, 0.2) is 72.8 Å². The van der Waals surface area contributed by atoms with E-state index >= 15 is 0 Å². The van der Waals surface area contributed by atoms with E-state index < -0.39 is 0 Å². The van der Waals surface area contributed by atoms with Crippen LogP contribution in [0, 0.1) is 6.07 Å². The quantitative estimate of drug-likeness (QED) is 0.389. The van der Waals surface area contributed by atoms with Crippen LogP contribution in [0.3, 0.4) is 0 Å². The number of rotatable bonds is 9. The molecule has 3 aromatic rings. The van der Waals surface area contributed by atoms with Crippen LogP contribution in [0.4, 0.5) is 0 Å². The van der Waals surface area contributed by atoms with E-state index in [4.69, 9.17) is 4.74 Å². The molecule has 155 valence electrons. The normalized spacial score (nSPS) is 12.0. The number of likely N-dealkylation sites (N-methyl/N-ethyl adjacent to an activating group) is 1. The lowest BCUT2D eigenvalue weighted by Crippen LogP contribution is -2.19. The van der Waals surface area contributed by atoms with Crippen LogP contribution in [-0.4, -0.2) is 32.1 Å². The third-order valence-corrected chi connectivity index (χ3v) is 5.32. The Morgan fingerprint density at radius 3 is 1.97 bits per heavy atom. The van der Waals surface area contributed by atoms with Crippen molar-refractivity contribution >= 4 is 11.1 Å². The van der Waals surface area contributed by atoms with Gasteiger partial charge in [0.1, 0.15) is 12.4 Å². The summed E-state index contributed by atoms with van der Waals surface area (Å²) in [6, 6.07) is 28.9. The largest absolute Gasteiger partial charge is 0.492 e. The predicted molar refractivity (Wildman–Crippen MR) is 128 cm³/mol. The van der Waals surface area contributed by atoms with Gasteiger partial charge in [0.05, 0.1) is 0 Å². The highest BCUT2D eigenvalue weighted by atomic mass is 16.5. The Hall–Kier alpha value is -2.84. The van der Waals surface area contributed by atoms with Crippen LogP contribution in [0.1, 0.15) is 42.5 Å². The average Bonchev–Trinajstić information content (AvgIpc) is 2.78. The summed E-state index contributed by atoms with van der Waals surface area (Å²) in [7, 11) is 4.11. The molecule has 0 atom stereocenters. The summed E-state index contributed by atoms with van der Waals surface area (Å²) in [5.41, 5.74) is 7.69. The topological polar surface area (TPSA) is 12.5 Å². The van der Waals surface area contributed by atoms with Crippen molar-refractivity contribution in [1.29, 1.82) is 0 Å². The molecule has 1 radical (unpaired) electrons. The van der Waals surface area contributed by atoms with Gasteiger partial charge in [0.2, 0.25) is 0 Å². The van der Waals surface area contributed by atoms with E-state index in [-0.39, 0.29) is 0 Å². The summed E-state index contributed by atoms with van der Waals surface area (Å²) in [5.74, 6) is 0.909. The Morgan fingerprint density at radius 2 is 1.40 bits per heavy atom. The molecule has 0 spiro atoms. The van der Waals surface area contributed by atoms with Crippen molar-refractivity contribution in [1.82, 2.24) is 4.90 Å². The summed E-state index contributed by atoms with van der Waals surface area (Å²) >= 11 is 0. The molecule has 0 N–H and O–H groups in total. The molecular formula is C28H32NO. The lowest BCUT2D eigenvalue weighted by atomic mass is 9.88. The molecule has 0 heterocycles. The Balaban J connectivity index is 2.01. The second-order valence-electron chi connectivity index (χ2n) is 7.72. The maximum Gasteiger partial charge on any atom is 0.119 e. The molecule has 0 saturated heterocycles. The van der Waals surface area contributed by atoms with E-state index in [1.54, 1.807) is 0 Å². The van der Waals surface area contributed by atoms with E-state index in [2.05, 4.69) is 99.6 Å². The summed E-state index contributed by atoms with van der Waals surface area (Å²) in [4.78, 5) is 2.12. The van der Waals surface area contributed by atoms with E-state index in [1.165, 1.54) is 33.4 Å². The fourth-order valence-corrected chi connectivity index (χ4v) is 3.60. The monoisotopic (exact) mass is 398 g/mol. The number of aryl methyl sites for hydroxylation is 1. The summed E-state index contributed by atoms with van der Waals surface area (Å²) in [6.07, 6.45) is 2.02. The molecule has 0 fully saturated rings. The Morgan fingerprint density at radius 1 is 0.800 bits per heavy atom. The maximum absolute atomic E-state index is 5.89. The van der Waals surface area contributed by atoms with Crippen LogP contribution in [0.25, 0.3) is 11.1 Å². The minimum absolute atomic E-state index is 0.688. The molecular weight excluding hydrogens is 366 g/mol. The molecule has 0 aliphatic heterocycles. The number of ether oxygens (including phenoxy) is 1. The summed E-state index contributed by atoms with van der Waals surface area (Å²) in [6.45, 7) is 6.02. The number of hydrogen-bond donors (Lipinski definition) is 0. The van der Waals surface area contributed by atoms with Gasteiger partial charge in [0.15, 0.2) is 0 Å². The number of benzene rings is 3. The molecule has 3 aromatic carbocycles. The standard InChI is InChI=1S/C28H32NO/c1-5-22-12-14-23(15-13-22)27(6-2)28(24-10-8-7-9-11-24)25-16-18-26(19-17-25)30-21-20-29(3)4/h8-19H,5-6,20-21H2,1-4H3. The van der Waals surface area contributed by atoms with Gasteiger partial charge in [0.25, 0.3) is 0 Å². The van der Waals surface area contributed by atoms with Gasteiger partial charge in [-0.15, -0.1) is 0 Å². The Kier molecular flexibility index (Phi) is 7.87.